The molecule has 1 aliphatic carbocycles. The lowest BCUT2D eigenvalue weighted by atomic mass is 9.93. The van der Waals surface area contributed by atoms with Gasteiger partial charge in [0.05, 0.1) is 30.3 Å². The molecule has 1 aromatic carbocycles. The van der Waals surface area contributed by atoms with Crippen molar-refractivity contribution in [1.29, 1.82) is 0 Å². The summed E-state index contributed by atoms with van der Waals surface area (Å²) in [6, 6.07) is 5.47. The van der Waals surface area contributed by atoms with Gasteiger partial charge in [0.25, 0.3) is 0 Å². The van der Waals surface area contributed by atoms with Crippen molar-refractivity contribution in [2.45, 2.75) is 42.7 Å². The van der Waals surface area contributed by atoms with E-state index >= 15 is 0 Å². The third-order valence-corrected chi connectivity index (χ3v) is 6.64. The minimum Gasteiger partial charge on any atom is -0.391 e. The summed E-state index contributed by atoms with van der Waals surface area (Å²) >= 11 is 0. The first-order valence-corrected chi connectivity index (χ1v) is 10.3. The molecule has 1 saturated heterocycles. The zero-order valence-electron chi connectivity index (χ0n) is 14.6. The Morgan fingerprint density at radius 2 is 1.92 bits per heavy atom. The number of carbonyl (C=O) groups excluding carboxylic acids is 1. The number of hydrogen-bond acceptors (Lipinski definition) is 5. The molecule has 1 heterocycles. The smallest absolute Gasteiger partial charge is 0.319 e. The molecule has 1 saturated carbocycles. The maximum Gasteiger partial charge on any atom is 0.319 e. The average Bonchev–Trinajstić information content (AvgIpc) is 2.64. The number of carbonyl (C=O) groups is 1. The van der Waals surface area contributed by atoms with Gasteiger partial charge in [-0.05, 0) is 31.0 Å². The Labute approximate surface area is 153 Å². The van der Waals surface area contributed by atoms with Crippen LogP contribution in [0.3, 0.4) is 0 Å². The fourth-order valence-corrected chi connectivity index (χ4v) is 4.74. The molecule has 2 atom stereocenters. The van der Waals surface area contributed by atoms with E-state index in [0.29, 0.717) is 38.4 Å². The van der Waals surface area contributed by atoms with Gasteiger partial charge in [0.15, 0.2) is 0 Å². The van der Waals surface area contributed by atoms with Crippen molar-refractivity contribution in [3.63, 3.8) is 0 Å². The van der Waals surface area contributed by atoms with Gasteiger partial charge in [-0.3, -0.25) is 0 Å². The number of ether oxygens (including phenoxy) is 1. The number of rotatable bonds is 4. The summed E-state index contributed by atoms with van der Waals surface area (Å²) in [7, 11) is -3.61. The number of hydrogen-bond donors (Lipinski definition) is 3. The van der Waals surface area contributed by atoms with E-state index in [9.17, 15) is 18.3 Å². The third-order valence-electron chi connectivity index (χ3n) is 4.75. The van der Waals surface area contributed by atoms with Crippen molar-refractivity contribution in [2.24, 2.45) is 0 Å². The molecule has 0 radical (unpaired) electrons. The SMILES string of the molecule is O=C(Nc1cccc(S(=O)(=O)N2CCOCC2)c1)N[C@H]1CCCC[C@H]1O. The van der Waals surface area contributed by atoms with Crippen LogP contribution in [0.2, 0.25) is 0 Å². The number of aliphatic hydroxyl groups is 1. The van der Waals surface area contributed by atoms with E-state index in [1.165, 1.54) is 16.4 Å². The van der Waals surface area contributed by atoms with Gasteiger partial charge >= 0.3 is 6.03 Å². The second-order valence-electron chi connectivity index (χ2n) is 6.60. The van der Waals surface area contributed by atoms with Crippen LogP contribution in [0, 0.1) is 0 Å². The molecule has 2 amide bonds. The van der Waals surface area contributed by atoms with Gasteiger partial charge in [-0.1, -0.05) is 18.9 Å². The number of benzene rings is 1. The molecule has 0 unspecified atom stereocenters. The average molecular weight is 383 g/mol. The van der Waals surface area contributed by atoms with E-state index in [4.69, 9.17) is 4.74 Å². The molecule has 9 heteroatoms. The quantitative estimate of drug-likeness (QED) is 0.722. The number of anilines is 1. The molecule has 2 aliphatic rings. The minimum absolute atomic E-state index is 0.134. The molecular formula is C17H25N3O5S. The van der Waals surface area contributed by atoms with Gasteiger partial charge in [0, 0.05) is 18.8 Å². The fourth-order valence-electron chi connectivity index (χ4n) is 3.29. The first-order valence-electron chi connectivity index (χ1n) is 8.90. The second kappa shape index (κ2) is 8.34. The van der Waals surface area contributed by atoms with E-state index in [0.717, 1.165) is 19.3 Å². The van der Waals surface area contributed by atoms with Gasteiger partial charge in [-0.25, -0.2) is 13.2 Å². The molecule has 26 heavy (non-hydrogen) atoms. The van der Waals surface area contributed by atoms with E-state index < -0.39 is 22.2 Å². The van der Waals surface area contributed by atoms with Crippen molar-refractivity contribution in [1.82, 2.24) is 9.62 Å². The molecule has 0 spiro atoms. The first-order chi connectivity index (χ1) is 12.5. The van der Waals surface area contributed by atoms with Crippen LogP contribution in [0.5, 0.6) is 0 Å². The van der Waals surface area contributed by atoms with Crippen LogP contribution in [0.4, 0.5) is 10.5 Å². The highest BCUT2D eigenvalue weighted by atomic mass is 32.2. The van der Waals surface area contributed by atoms with Crippen LogP contribution in [-0.4, -0.2) is 62.3 Å². The Bertz CT molecular complexity index is 734. The van der Waals surface area contributed by atoms with Crippen LogP contribution >= 0.6 is 0 Å². The van der Waals surface area contributed by atoms with E-state index in [-0.39, 0.29) is 10.9 Å². The van der Waals surface area contributed by atoms with Gasteiger partial charge in [0.1, 0.15) is 0 Å². The summed E-state index contributed by atoms with van der Waals surface area (Å²) < 4.78 is 32.0. The Kier molecular flexibility index (Phi) is 6.13. The number of nitrogens with one attached hydrogen (secondary N) is 2. The summed E-state index contributed by atoms with van der Waals surface area (Å²) in [6.45, 7) is 1.40. The number of urea groups is 1. The van der Waals surface area contributed by atoms with Crippen LogP contribution in [0.1, 0.15) is 25.7 Å². The van der Waals surface area contributed by atoms with Crippen molar-refractivity contribution in [3.05, 3.63) is 24.3 Å². The van der Waals surface area contributed by atoms with Gasteiger partial charge in [0.2, 0.25) is 10.0 Å². The summed E-state index contributed by atoms with van der Waals surface area (Å²) in [5.41, 5.74) is 0.391. The highest BCUT2D eigenvalue weighted by molar-refractivity contribution is 7.89. The summed E-state index contributed by atoms with van der Waals surface area (Å²) in [5, 5.41) is 15.4. The molecule has 0 aromatic heterocycles. The first kappa shape index (κ1) is 19.1. The van der Waals surface area contributed by atoms with Crippen LogP contribution in [0.25, 0.3) is 0 Å². The largest absolute Gasteiger partial charge is 0.391 e. The normalized spacial score (nSPS) is 24.8. The molecule has 0 bridgehead atoms. The molecule has 1 aromatic rings. The van der Waals surface area contributed by atoms with Crippen molar-refractivity contribution in [2.75, 3.05) is 31.6 Å². The van der Waals surface area contributed by atoms with Crippen molar-refractivity contribution >= 4 is 21.7 Å². The Morgan fingerprint density at radius 1 is 1.19 bits per heavy atom. The minimum atomic E-state index is -3.61. The van der Waals surface area contributed by atoms with Gasteiger partial charge in [-0.15, -0.1) is 0 Å². The Hall–Kier alpha value is -1.68. The van der Waals surface area contributed by atoms with E-state index in [1.807, 2.05) is 0 Å². The summed E-state index contributed by atoms with van der Waals surface area (Å²) in [5.74, 6) is 0. The maximum atomic E-state index is 12.7. The van der Waals surface area contributed by atoms with Crippen molar-refractivity contribution in [3.8, 4) is 0 Å². The molecule has 8 nitrogen and oxygen atoms in total. The lowest BCUT2D eigenvalue weighted by Crippen LogP contribution is -2.46. The zero-order chi connectivity index (χ0) is 18.6. The van der Waals surface area contributed by atoms with Crippen LogP contribution in [-0.2, 0) is 14.8 Å². The maximum absolute atomic E-state index is 12.7. The van der Waals surface area contributed by atoms with Gasteiger partial charge in [-0.2, -0.15) is 4.31 Å². The predicted octanol–water partition coefficient (Wildman–Crippen LogP) is 1.13. The molecule has 3 N–H and O–H groups in total. The highest BCUT2D eigenvalue weighted by Crippen LogP contribution is 2.21. The third kappa shape index (κ3) is 4.53. The predicted molar refractivity (Wildman–Crippen MR) is 96.4 cm³/mol. The lowest BCUT2D eigenvalue weighted by Gasteiger charge is -2.28. The summed E-state index contributed by atoms with van der Waals surface area (Å²) in [6.07, 6.45) is 2.80. The van der Waals surface area contributed by atoms with Crippen LogP contribution in [0.15, 0.2) is 29.2 Å². The molecular weight excluding hydrogens is 358 g/mol. The second-order valence-corrected chi connectivity index (χ2v) is 8.54. The number of morpholine rings is 1. The van der Waals surface area contributed by atoms with E-state index in [1.54, 1.807) is 12.1 Å². The number of amides is 2. The highest BCUT2D eigenvalue weighted by Gasteiger charge is 2.27. The standard InChI is InChI=1S/C17H25N3O5S/c21-16-7-2-1-6-15(16)19-17(22)18-13-4-3-5-14(12-13)26(23,24)20-8-10-25-11-9-20/h3-5,12,15-16,21H,1-2,6-11H2,(H2,18,19,22)/t15-,16+/m0/s1. The van der Waals surface area contributed by atoms with Gasteiger partial charge < -0.3 is 20.5 Å². The van der Waals surface area contributed by atoms with Crippen molar-refractivity contribution < 1.29 is 23.1 Å². The Balaban J connectivity index is 1.66. The number of sulfonamides is 1. The molecule has 3 rings (SSSR count). The molecule has 2 fully saturated rings. The van der Waals surface area contributed by atoms with Crippen LogP contribution < -0.4 is 10.6 Å². The molecule has 1 aliphatic heterocycles. The number of aliphatic hydroxyl groups excluding tert-OH is 1. The van der Waals surface area contributed by atoms with E-state index in [2.05, 4.69) is 10.6 Å². The topological polar surface area (TPSA) is 108 Å². The lowest BCUT2D eigenvalue weighted by molar-refractivity contribution is 0.0730. The molecule has 144 valence electrons. The fraction of sp³-hybridized carbons (Fsp3) is 0.588. The zero-order valence-corrected chi connectivity index (χ0v) is 15.4. The summed E-state index contributed by atoms with van der Waals surface area (Å²) in [4.78, 5) is 12.3. The monoisotopic (exact) mass is 383 g/mol. The Morgan fingerprint density at radius 3 is 2.65 bits per heavy atom. The number of nitrogens with zero attached hydrogens (tertiary/aromatic N) is 1.